The highest BCUT2D eigenvalue weighted by atomic mass is 16.3. The molecule has 0 atom stereocenters. The Kier molecular flexibility index (Phi) is 7.16. The first-order valence-electron chi connectivity index (χ1n) is 19.5. The number of benzene rings is 9. The summed E-state index contributed by atoms with van der Waals surface area (Å²) in [6.07, 6.45) is 0. The highest BCUT2D eigenvalue weighted by Gasteiger charge is 2.22. The van der Waals surface area contributed by atoms with Gasteiger partial charge in [-0.1, -0.05) is 146 Å². The van der Waals surface area contributed by atoms with E-state index in [4.69, 9.17) is 19.4 Å². The van der Waals surface area contributed by atoms with Crippen LogP contribution in [0.4, 0.5) is 0 Å². The van der Waals surface area contributed by atoms with Crippen LogP contribution in [0, 0.1) is 0 Å². The van der Waals surface area contributed by atoms with Gasteiger partial charge in [0, 0.05) is 43.8 Å². The van der Waals surface area contributed by atoms with Gasteiger partial charge in [-0.3, -0.25) is 0 Å². The van der Waals surface area contributed by atoms with Crippen molar-refractivity contribution in [1.29, 1.82) is 0 Å². The minimum Gasteiger partial charge on any atom is -0.456 e. The summed E-state index contributed by atoms with van der Waals surface area (Å²) in [6.45, 7) is 0. The molecule has 270 valence electrons. The summed E-state index contributed by atoms with van der Waals surface area (Å²) in [7, 11) is 0. The molecule has 0 aliphatic heterocycles. The Labute approximate surface area is 333 Å². The molecule has 0 aliphatic rings. The van der Waals surface area contributed by atoms with Gasteiger partial charge in [-0.2, -0.15) is 0 Å². The van der Waals surface area contributed by atoms with Crippen LogP contribution < -0.4 is 0 Å². The van der Waals surface area contributed by atoms with Crippen molar-refractivity contribution in [1.82, 2.24) is 19.5 Å². The first-order chi connectivity index (χ1) is 28.7. The fourth-order valence-corrected chi connectivity index (χ4v) is 8.75. The standard InChI is InChI=1S/C53H32N4O/c1-3-15-34(16-4-1)51-54-52(35-17-5-2-6-18-35)56-53(55-51)38-27-28-44(42(31-38)40-23-13-25-48-50(40)41-22-11-12-24-47(41)58-48)57-45-29-26-33-14-9-10-21-39(33)49(45)43-30-36-19-7-8-20-37(36)32-46(43)57/h1-32H. The molecule has 5 heteroatoms. The Bertz CT molecular complexity index is 3510. The second-order valence-electron chi connectivity index (χ2n) is 14.8. The average Bonchev–Trinajstić information content (AvgIpc) is 3.84. The van der Waals surface area contributed by atoms with Crippen LogP contribution in [0.3, 0.4) is 0 Å². The van der Waals surface area contributed by atoms with Gasteiger partial charge in [0.05, 0.1) is 16.7 Å². The highest BCUT2D eigenvalue weighted by molar-refractivity contribution is 6.24. The second-order valence-corrected chi connectivity index (χ2v) is 14.8. The fourth-order valence-electron chi connectivity index (χ4n) is 8.75. The summed E-state index contributed by atoms with van der Waals surface area (Å²) >= 11 is 0. The number of nitrogens with zero attached hydrogens (tertiary/aromatic N) is 4. The van der Waals surface area contributed by atoms with Crippen LogP contribution >= 0.6 is 0 Å². The molecule has 12 aromatic rings. The zero-order valence-corrected chi connectivity index (χ0v) is 31.2. The molecular weight excluding hydrogens is 709 g/mol. The Morgan fingerprint density at radius 1 is 0.345 bits per heavy atom. The average molecular weight is 741 g/mol. The predicted octanol–water partition coefficient (Wildman–Crippen LogP) is 13.8. The lowest BCUT2D eigenvalue weighted by atomic mass is 9.95. The van der Waals surface area contributed by atoms with Crippen LogP contribution in [0.25, 0.3) is 116 Å². The van der Waals surface area contributed by atoms with Crippen LogP contribution in [-0.4, -0.2) is 19.5 Å². The topological polar surface area (TPSA) is 56.7 Å². The first-order valence-corrected chi connectivity index (χ1v) is 19.5. The monoisotopic (exact) mass is 740 g/mol. The van der Waals surface area contributed by atoms with Gasteiger partial charge in [-0.25, -0.2) is 15.0 Å². The van der Waals surface area contributed by atoms with E-state index < -0.39 is 0 Å². The summed E-state index contributed by atoms with van der Waals surface area (Å²) in [6, 6.07) is 68.1. The third-order valence-corrected chi connectivity index (χ3v) is 11.4. The van der Waals surface area contributed by atoms with Crippen LogP contribution in [0.5, 0.6) is 0 Å². The molecule has 0 amide bonds. The second kappa shape index (κ2) is 12.8. The molecule has 0 fully saturated rings. The van der Waals surface area contributed by atoms with E-state index in [1.54, 1.807) is 0 Å². The zero-order valence-electron chi connectivity index (χ0n) is 31.2. The van der Waals surface area contributed by atoms with E-state index in [1.165, 1.54) is 32.3 Å². The fraction of sp³-hybridized carbons (Fsp3) is 0. The molecule has 0 saturated heterocycles. The van der Waals surface area contributed by atoms with Crippen molar-refractivity contribution in [3.8, 4) is 51.0 Å². The third-order valence-electron chi connectivity index (χ3n) is 11.4. The van der Waals surface area contributed by atoms with E-state index >= 15 is 0 Å². The molecule has 0 saturated carbocycles. The Morgan fingerprint density at radius 3 is 1.69 bits per heavy atom. The zero-order chi connectivity index (χ0) is 38.2. The van der Waals surface area contributed by atoms with Gasteiger partial charge in [-0.05, 0) is 75.6 Å². The van der Waals surface area contributed by atoms with Gasteiger partial charge in [0.1, 0.15) is 11.2 Å². The van der Waals surface area contributed by atoms with Gasteiger partial charge in [-0.15, -0.1) is 0 Å². The van der Waals surface area contributed by atoms with Crippen molar-refractivity contribution >= 4 is 65.3 Å². The molecule has 0 radical (unpaired) electrons. The van der Waals surface area contributed by atoms with Crippen molar-refractivity contribution in [3.63, 3.8) is 0 Å². The Balaban J connectivity index is 1.20. The molecule has 3 heterocycles. The maximum atomic E-state index is 6.49. The van der Waals surface area contributed by atoms with E-state index in [9.17, 15) is 0 Å². The van der Waals surface area contributed by atoms with E-state index in [-0.39, 0.29) is 0 Å². The molecule has 9 aromatic carbocycles. The van der Waals surface area contributed by atoms with Gasteiger partial charge in [0.2, 0.25) is 0 Å². The molecule has 58 heavy (non-hydrogen) atoms. The summed E-state index contributed by atoms with van der Waals surface area (Å²) in [4.78, 5) is 15.3. The lowest BCUT2D eigenvalue weighted by Crippen LogP contribution is -2.02. The first kappa shape index (κ1) is 32.4. The summed E-state index contributed by atoms with van der Waals surface area (Å²) in [5, 5.41) is 9.43. The molecular formula is C53H32N4O. The SMILES string of the molecule is c1ccc(-c2nc(-c3ccccc3)nc(-c3ccc(-n4c5cc6ccccc6cc5c5c6ccccc6ccc54)c(-c4cccc5oc6ccccc6c45)c3)n2)cc1. The van der Waals surface area contributed by atoms with Gasteiger partial charge in [0.25, 0.3) is 0 Å². The summed E-state index contributed by atoms with van der Waals surface area (Å²) in [5.41, 5.74) is 9.88. The minimum absolute atomic E-state index is 0.601. The number of hydrogen-bond acceptors (Lipinski definition) is 4. The maximum absolute atomic E-state index is 6.49. The normalized spacial score (nSPS) is 11.8. The maximum Gasteiger partial charge on any atom is 0.164 e. The Morgan fingerprint density at radius 2 is 0.948 bits per heavy atom. The lowest BCUT2D eigenvalue weighted by molar-refractivity contribution is 0.669. The lowest BCUT2D eigenvalue weighted by Gasteiger charge is -2.17. The molecule has 0 spiro atoms. The minimum atomic E-state index is 0.601. The van der Waals surface area contributed by atoms with Crippen molar-refractivity contribution in [2.24, 2.45) is 0 Å². The van der Waals surface area contributed by atoms with Crippen molar-refractivity contribution < 1.29 is 4.42 Å². The quantitative estimate of drug-likeness (QED) is 0.176. The molecule has 12 rings (SSSR count). The third kappa shape index (κ3) is 5.07. The van der Waals surface area contributed by atoms with Crippen LogP contribution in [0.2, 0.25) is 0 Å². The molecule has 0 N–H and O–H groups in total. The van der Waals surface area contributed by atoms with E-state index in [0.29, 0.717) is 17.5 Å². The number of fused-ring (bicyclic) bond motifs is 9. The Hall–Kier alpha value is -7.89. The number of hydrogen-bond donors (Lipinski definition) is 0. The number of aromatic nitrogens is 4. The predicted molar refractivity (Wildman–Crippen MR) is 238 cm³/mol. The summed E-state index contributed by atoms with van der Waals surface area (Å²) < 4.78 is 8.93. The molecule has 0 bridgehead atoms. The number of rotatable bonds is 5. The smallest absolute Gasteiger partial charge is 0.164 e. The number of furan rings is 1. The van der Waals surface area contributed by atoms with Crippen molar-refractivity contribution in [2.75, 3.05) is 0 Å². The largest absolute Gasteiger partial charge is 0.456 e. The number of para-hydroxylation sites is 1. The van der Waals surface area contributed by atoms with Gasteiger partial charge < -0.3 is 8.98 Å². The van der Waals surface area contributed by atoms with Crippen LogP contribution in [-0.2, 0) is 0 Å². The van der Waals surface area contributed by atoms with Crippen LogP contribution in [0.15, 0.2) is 199 Å². The van der Waals surface area contributed by atoms with Gasteiger partial charge >= 0.3 is 0 Å². The van der Waals surface area contributed by atoms with Gasteiger partial charge in [0.15, 0.2) is 17.5 Å². The van der Waals surface area contributed by atoms with Crippen molar-refractivity contribution in [2.45, 2.75) is 0 Å². The van der Waals surface area contributed by atoms with Crippen LogP contribution in [0.1, 0.15) is 0 Å². The molecule has 3 aromatic heterocycles. The molecule has 0 unspecified atom stereocenters. The van der Waals surface area contributed by atoms with E-state index in [2.05, 4.69) is 126 Å². The van der Waals surface area contributed by atoms with E-state index in [0.717, 1.165) is 66.5 Å². The highest BCUT2D eigenvalue weighted by Crippen LogP contribution is 2.44. The molecule has 5 nitrogen and oxygen atoms in total. The summed E-state index contributed by atoms with van der Waals surface area (Å²) in [5.74, 6) is 1.85. The van der Waals surface area contributed by atoms with E-state index in [1.807, 2.05) is 72.8 Å². The van der Waals surface area contributed by atoms with Crippen molar-refractivity contribution in [3.05, 3.63) is 194 Å². The molecule has 0 aliphatic carbocycles.